The van der Waals surface area contributed by atoms with Crippen LogP contribution in [-0.4, -0.2) is 44.4 Å². The average molecular weight is 630 g/mol. The number of aliphatic hydroxyl groups is 1. The van der Waals surface area contributed by atoms with Gasteiger partial charge in [-0.3, -0.25) is 4.79 Å². The van der Waals surface area contributed by atoms with Crippen molar-refractivity contribution in [2.24, 2.45) is 0 Å². The molecule has 0 aromatic heterocycles. The van der Waals surface area contributed by atoms with Crippen molar-refractivity contribution in [3.8, 4) is 0 Å². The average Bonchev–Trinajstić information content (AvgIpc) is 2.97. The van der Waals surface area contributed by atoms with E-state index in [1.807, 2.05) is 30.3 Å². The van der Waals surface area contributed by atoms with Gasteiger partial charge in [-0.25, -0.2) is 17.1 Å². The summed E-state index contributed by atoms with van der Waals surface area (Å²) in [6.45, 7) is 0.0141. The number of alkyl halides is 3. The van der Waals surface area contributed by atoms with Crippen molar-refractivity contribution in [1.29, 1.82) is 0 Å². The Morgan fingerprint density at radius 3 is 2.18 bits per heavy atom. The van der Waals surface area contributed by atoms with Gasteiger partial charge in [0.25, 0.3) is 5.91 Å². The van der Waals surface area contributed by atoms with Crippen LogP contribution in [0.2, 0.25) is 0 Å². The normalized spacial score (nSPS) is 13.2. The quantitative estimate of drug-likeness (QED) is 0.182. The molecule has 3 N–H and O–H groups in total. The molecule has 0 heterocycles. The van der Waals surface area contributed by atoms with Crippen LogP contribution in [0.5, 0.6) is 0 Å². The maximum Gasteiger partial charge on any atom is 0.416 e. The number of carbonyl (C=O) groups is 1. The Balaban J connectivity index is 1.52. The van der Waals surface area contributed by atoms with Crippen LogP contribution in [0.15, 0.2) is 103 Å². The third-order valence-corrected chi connectivity index (χ3v) is 7.84. The molecule has 0 saturated heterocycles. The highest BCUT2D eigenvalue weighted by molar-refractivity contribution is 7.92. The van der Waals surface area contributed by atoms with Crippen molar-refractivity contribution in [3.05, 3.63) is 131 Å². The number of benzene rings is 4. The van der Waals surface area contributed by atoms with Gasteiger partial charge < -0.3 is 15.7 Å². The zero-order valence-electron chi connectivity index (χ0n) is 23.6. The van der Waals surface area contributed by atoms with E-state index < -0.39 is 45.6 Å². The van der Waals surface area contributed by atoms with Gasteiger partial charge in [-0.1, -0.05) is 54.6 Å². The molecular weight excluding hydrogens is 598 g/mol. The topological polar surface area (TPSA) is 98.7 Å². The van der Waals surface area contributed by atoms with Gasteiger partial charge in [0.2, 0.25) is 10.0 Å². The van der Waals surface area contributed by atoms with E-state index in [0.29, 0.717) is 5.56 Å². The molecule has 0 radical (unpaired) electrons. The minimum atomic E-state index is -4.48. The van der Waals surface area contributed by atoms with Crippen molar-refractivity contribution in [1.82, 2.24) is 10.6 Å². The number of hydrogen-bond donors (Lipinski definition) is 3. The number of carbonyl (C=O) groups excluding carboxylic acids is 1. The monoisotopic (exact) mass is 629 g/mol. The van der Waals surface area contributed by atoms with Crippen LogP contribution in [0, 0.1) is 5.82 Å². The van der Waals surface area contributed by atoms with E-state index in [0.717, 1.165) is 40.4 Å². The fourth-order valence-corrected chi connectivity index (χ4v) is 5.65. The summed E-state index contributed by atoms with van der Waals surface area (Å²) in [6, 6.07) is 23.9. The summed E-state index contributed by atoms with van der Waals surface area (Å²) in [5, 5.41) is 16.8. The van der Waals surface area contributed by atoms with Crippen LogP contribution < -0.4 is 14.9 Å². The third kappa shape index (κ3) is 8.88. The molecule has 0 aliphatic heterocycles. The van der Waals surface area contributed by atoms with Gasteiger partial charge in [0.05, 0.1) is 35.3 Å². The van der Waals surface area contributed by atoms with Crippen molar-refractivity contribution in [3.63, 3.8) is 0 Å². The Labute approximate surface area is 253 Å². The summed E-state index contributed by atoms with van der Waals surface area (Å²) in [6.07, 6.45) is -4.39. The van der Waals surface area contributed by atoms with Crippen molar-refractivity contribution in [2.75, 3.05) is 17.1 Å². The first-order chi connectivity index (χ1) is 20.8. The maximum atomic E-state index is 13.5. The molecule has 44 heavy (non-hydrogen) atoms. The lowest BCUT2D eigenvalue weighted by Crippen LogP contribution is -2.48. The molecule has 0 aliphatic carbocycles. The van der Waals surface area contributed by atoms with Gasteiger partial charge in [0.15, 0.2) is 0 Å². The highest BCUT2D eigenvalue weighted by Gasteiger charge is 2.30. The minimum Gasteiger partial charge on any atom is -0.390 e. The molecule has 1 amide bonds. The number of anilines is 2. The van der Waals surface area contributed by atoms with Gasteiger partial charge >= 0.3 is 6.18 Å². The Morgan fingerprint density at radius 1 is 0.864 bits per heavy atom. The van der Waals surface area contributed by atoms with E-state index in [1.54, 1.807) is 0 Å². The molecule has 4 aromatic rings. The number of halogens is 4. The first-order valence-electron chi connectivity index (χ1n) is 13.6. The van der Waals surface area contributed by atoms with Crippen molar-refractivity contribution >= 4 is 27.3 Å². The van der Waals surface area contributed by atoms with E-state index in [-0.39, 0.29) is 36.4 Å². The number of sulfonamides is 1. The van der Waals surface area contributed by atoms with E-state index in [9.17, 15) is 35.9 Å². The Bertz CT molecular complexity index is 1670. The lowest BCUT2D eigenvalue weighted by atomic mass is 10.00. The molecular formula is C32H31F4N3O4S. The minimum absolute atomic E-state index is 0.0412. The predicted octanol–water partition coefficient (Wildman–Crippen LogP) is 5.43. The molecule has 0 fully saturated rings. The summed E-state index contributed by atoms with van der Waals surface area (Å²) in [5.74, 6) is -1.13. The summed E-state index contributed by atoms with van der Waals surface area (Å²) < 4.78 is 79.1. The number of aliphatic hydroxyl groups excluding tert-OH is 1. The third-order valence-electron chi connectivity index (χ3n) is 6.75. The molecule has 232 valence electrons. The van der Waals surface area contributed by atoms with E-state index in [4.69, 9.17) is 0 Å². The summed E-state index contributed by atoms with van der Waals surface area (Å²) in [4.78, 5) is 13.4. The highest BCUT2D eigenvalue weighted by Crippen LogP contribution is 2.30. The fourth-order valence-electron chi connectivity index (χ4n) is 4.65. The molecule has 0 aliphatic rings. The Hall–Kier alpha value is -4.26. The second-order valence-electron chi connectivity index (χ2n) is 10.2. The number of hydrogen-bond acceptors (Lipinski definition) is 5. The van der Waals surface area contributed by atoms with Crippen LogP contribution in [0.25, 0.3) is 0 Å². The highest BCUT2D eigenvalue weighted by atomic mass is 32.2. The summed E-state index contributed by atoms with van der Waals surface area (Å²) in [5.41, 5.74) is 0.862. The van der Waals surface area contributed by atoms with Crippen LogP contribution in [0.1, 0.15) is 27.0 Å². The number of rotatable bonds is 12. The first kappa shape index (κ1) is 32.6. The Kier molecular flexibility index (Phi) is 10.4. The van der Waals surface area contributed by atoms with Gasteiger partial charge in [-0.15, -0.1) is 0 Å². The second kappa shape index (κ2) is 14.0. The van der Waals surface area contributed by atoms with Gasteiger partial charge in [-0.2, -0.15) is 13.2 Å². The lowest BCUT2D eigenvalue weighted by molar-refractivity contribution is -0.137. The van der Waals surface area contributed by atoms with E-state index in [1.165, 1.54) is 48.5 Å². The van der Waals surface area contributed by atoms with Gasteiger partial charge in [0.1, 0.15) is 5.82 Å². The van der Waals surface area contributed by atoms with Crippen molar-refractivity contribution in [2.45, 2.75) is 31.3 Å². The molecule has 4 rings (SSSR count). The fraction of sp³-hybridized carbons (Fsp3) is 0.219. The van der Waals surface area contributed by atoms with Gasteiger partial charge in [-0.05, 0) is 66.1 Å². The molecule has 4 aromatic carbocycles. The number of nitrogens with zero attached hydrogens (tertiary/aromatic N) is 1. The second-order valence-corrected chi connectivity index (χ2v) is 12.1. The van der Waals surface area contributed by atoms with Gasteiger partial charge in [0, 0.05) is 18.7 Å². The lowest BCUT2D eigenvalue weighted by Gasteiger charge is -2.26. The first-order valence-corrected chi connectivity index (χ1v) is 15.4. The van der Waals surface area contributed by atoms with Crippen molar-refractivity contribution < 1.29 is 35.9 Å². The predicted molar refractivity (Wildman–Crippen MR) is 160 cm³/mol. The number of amides is 1. The van der Waals surface area contributed by atoms with E-state index >= 15 is 0 Å². The van der Waals surface area contributed by atoms with E-state index in [2.05, 4.69) is 10.6 Å². The molecule has 7 nitrogen and oxygen atoms in total. The van der Waals surface area contributed by atoms with Crippen LogP contribution in [0.3, 0.4) is 0 Å². The molecule has 12 heteroatoms. The summed E-state index contributed by atoms with van der Waals surface area (Å²) in [7, 11) is -3.88. The van der Waals surface area contributed by atoms with Crippen LogP contribution in [0.4, 0.5) is 28.9 Å². The standard InChI is InChI=1S/C32H31F4N3O4S/c1-44(42,43)39(27-15-13-26(33)14-16-27)28-12-6-10-24(19-28)31(41)38-29(18-22-7-3-2-4-8-22)30(40)21-37-20-23-9-5-11-25(17-23)32(34,35)36/h2-17,19,29-30,37,40H,18,20-21H2,1H3,(H,38,41)/t29-,30+/m0/s1. The maximum absolute atomic E-state index is 13.5. The number of nitrogens with one attached hydrogen (secondary N) is 2. The molecule has 0 unspecified atom stereocenters. The zero-order valence-corrected chi connectivity index (χ0v) is 24.4. The largest absolute Gasteiger partial charge is 0.416 e. The molecule has 0 bridgehead atoms. The SMILES string of the molecule is CS(=O)(=O)N(c1ccc(F)cc1)c1cccc(C(=O)N[C@@H](Cc2ccccc2)[C@H](O)CNCc2cccc(C(F)(F)F)c2)c1. The smallest absolute Gasteiger partial charge is 0.390 e. The van der Waals surface area contributed by atoms with Crippen LogP contribution in [-0.2, 0) is 29.2 Å². The molecule has 0 spiro atoms. The van der Waals surface area contributed by atoms with Crippen LogP contribution >= 0.6 is 0 Å². The molecule has 0 saturated carbocycles. The molecule has 2 atom stereocenters. The Morgan fingerprint density at radius 2 is 1.52 bits per heavy atom. The summed E-state index contributed by atoms with van der Waals surface area (Å²) >= 11 is 0. The zero-order chi connectivity index (χ0) is 31.9.